The molecular formula is C32H29FN2O4. The highest BCUT2D eigenvalue weighted by atomic mass is 19.1. The molecule has 4 rings (SSSR count). The monoisotopic (exact) mass is 524 g/mol. The van der Waals surface area contributed by atoms with Gasteiger partial charge in [0.15, 0.2) is 0 Å². The molecule has 0 radical (unpaired) electrons. The van der Waals surface area contributed by atoms with Gasteiger partial charge in [-0.25, -0.2) is 4.39 Å². The van der Waals surface area contributed by atoms with E-state index in [1.807, 2.05) is 31.2 Å². The third-order valence-electron chi connectivity index (χ3n) is 6.49. The molecule has 0 atom stereocenters. The van der Waals surface area contributed by atoms with Gasteiger partial charge >= 0.3 is 5.97 Å². The average Bonchev–Trinajstić information content (AvgIpc) is 2.95. The SMILES string of the molecule is Cc1ccccc1CNC(=O)c1ccccc1-c1ccccc1C(=O)N(CCC(=O)O)Cc1ccc(F)cc1. The van der Waals surface area contributed by atoms with Crippen molar-refractivity contribution in [2.45, 2.75) is 26.4 Å². The number of carboxylic acid groups (broad SMARTS) is 1. The molecule has 2 amide bonds. The number of amides is 2. The number of hydrogen-bond donors (Lipinski definition) is 2. The maximum absolute atomic E-state index is 13.8. The fourth-order valence-corrected chi connectivity index (χ4v) is 4.36. The summed E-state index contributed by atoms with van der Waals surface area (Å²) in [5.74, 6) is -2.09. The number of carbonyl (C=O) groups excluding carboxylic acids is 2. The van der Waals surface area contributed by atoms with E-state index in [1.165, 1.54) is 17.0 Å². The maximum atomic E-state index is 13.8. The zero-order chi connectivity index (χ0) is 27.8. The van der Waals surface area contributed by atoms with Crippen LogP contribution in [0.1, 0.15) is 43.8 Å². The van der Waals surface area contributed by atoms with Gasteiger partial charge < -0.3 is 15.3 Å². The highest BCUT2D eigenvalue weighted by Crippen LogP contribution is 2.29. The van der Waals surface area contributed by atoms with E-state index in [0.29, 0.717) is 34.4 Å². The molecule has 2 N–H and O–H groups in total. The van der Waals surface area contributed by atoms with Crippen LogP contribution in [0.25, 0.3) is 11.1 Å². The molecule has 6 nitrogen and oxygen atoms in total. The normalized spacial score (nSPS) is 10.6. The van der Waals surface area contributed by atoms with E-state index >= 15 is 0 Å². The van der Waals surface area contributed by atoms with Crippen molar-refractivity contribution in [2.24, 2.45) is 0 Å². The number of aliphatic carboxylic acids is 1. The number of carboxylic acids is 1. The molecule has 0 saturated carbocycles. The summed E-state index contributed by atoms with van der Waals surface area (Å²) in [5.41, 5.74) is 4.65. The van der Waals surface area contributed by atoms with Gasteiger partial charge in [0.05, 0.1) is 6.42 Å². The van der Waals surface area contributed by atoms with Crippen LogP contribution in [0, 0.1) is 12.7 Å². The summed E-state index contributed by atoms with van der Waals surface area (Å²) < 4.78 is 13.4. The van der Waals surface area contributed by atoms with Crippen LogP contribution in [0.5, 0.6) is 0 Å². The lowest BCUT2D eigenvalue weighted by Gasteiger charge is -2.24. The summed E-state index contributed by atoms with van der Waals surface area (Å²) >= 11 is 0. The molecule has 39 heavy (non-hydrogen) atoms. The Morgan fingerprint density at radius 2 is 1.38 bits per heavy atom. The molecule has 0 saturated heterocycles. The summed E-state index contributed by atoms with van der Waals surface area (Å²) in [6.07, 6.45) is -0.243. The first kappa shape index (κ1) is 27.3. The number of nitrogens with one attached hydrogen (secondary N) is 1. The highest BCUT2D eigenvalue weighted by molar-refractivity contribution is 6.06. The predicted octanol–water partition coefficient (Wildman–Crippen LogP) is 5.85. The van der Waals surface area contributed by atoms with Gasteiger partial charge in [0.2, 0.25) is 0 Å². The van der Waals surface area contributed by atoms with E-state index in [0.717, 1.165) is 11.1 Å². The van der Waals surface area contributed by atoms with Crippen LogP contribution >= 0.6 is 0 Å². The lowest BCUT2D eigenvalue weighted by atomic mass is 9.94. The summed E-state index contributed by atoms with van der Waals surface area (Å²) in [5, 5.41) is 12.2. The van der Waals surface area contributed by atoms with Crippen LogP contribution in [0.2, 0.25) is 0 Å². The molecule has 0 bridgehead atoms. The Hall–Kier alpha value is -4.78. The topological polar surface area (TPSA) is 86.7 Å². The van der Waals surface area contributed by atoms with E-state index in [9.17, 15) is 23.9 Å². The van der Waals surface area contributed by atoms with Crippen molar-refractivity contribution in [1.82, 2.24) is 10.2 Å². The first-order valence-electron chi connectivity index (χ1n) is 12.6. The van der Waals surface area contributed by atoms with E-state index in [-0.39, 0.29) is 31.3 Å². The Balaban J connectivity index is 1.65. The van der Waals surface area contributed by atoms with Crippen molar-refractivity contribution in [3.8, 4) is 11.1 Å². The van der Waals surface area contributed by atoms with Gasteiger partial charge in [0.25, 0.3) is 11.8 Å². The second-order valence-corrected chi connectivity index (χ2v) is 9.20. The predicted molar refractivity (Wildman–Crippen MR) is 148 cm³/mol. The number of halogens is 1. The number of benzene rings is 4. The summed E-state index contributed by atoms with van der Waals surface area (Å²) in [6.45, 7) is 2.43. The van der Waals surface area contributed by atoms with E-state index in [1.54, 1.807) is 60.7 Å². The van der Waals surface area contributed by atoms with Gasteiger partial charge in [-0.05, 0) is 59.0 Å². The molecule has 4 aromatic carbocycles. The zero-order valence-corrected chi connectivity index (χ0v) is 21.6. The van der Waals surface area contributed by atoms with Gasteiger partial charge in [0.1, 0.15) is 5.82 Å². The van der Waals surface area contributed by atoms with Crippen LogP contribution in [-0.4, -0.2) is 34.3 Å². The van der Waals surface area contributed by atoms with Gasteiger partial charge in [-0.1, -0.05) is 72.8 Å². The second kappa shape index (κ2) is 12.6. The number of carbonyl (C=O) groups is 3. The zero-order valence-electron chi connectivity index (χ0n) is 21.6. The molecule has 0 heterocycles. The minimum atomic E-state index is -1.03. The maximum Gasteiger partial charge on any atom is 0.305 e. The standard InChI is InChI=1S/C32H29FN2O4/c1-22-8-2-3-9-24(22)20-34-31(38)28-12-6-4-10-26(28)27-11-5-7-13-29(27)32(39)35(19-18-30(36)37)21-23-14-16-25(33)17-15-23/h2-17H,18-21H2,1H3,(H,34,38)(H,36,37). The van der Waals surface area contributed by atoms with Gasteiger partial charge in [-0.3, -0.25) is 14.4 Å². The van der Waals surface area contributed by atoms with Crippen LogP contribution in [0.4, 0.5) is 4.39 Å². The number of aryl methyl sites for hydroxylation is 1. The van der Waals surface area contributed by atoms with Crippen molar-refractivity contribution in [3.63, 3.8) is 0 Å². The van der Waals surface area contributed by atoms with Crippen molar-refractivity contribution >= 4 is 17.8 Å². The minimum absolute atomic E-state index is 0.0293. The van der Waals surface area contributed by atoms with Crippen LogP contribution < -0.4 is 5.32 Å². The molecule has 7 heteroatoms. The third-order valence-corrected chi connectivity index (χ3v) is 6.49. The molecule has 0 spiro atoms. The number of nitrogens with zero attached hydrogens (tertiary/aromatic N) is 1. The van der Waals surface area contributed by atoms with Gasteiger partial charge in [-0.2, -0.15) is 0 Å². The largest absolute Gasteiger partial charge is 0.481 e. The van der Waals surface area contributed by atoms with Gasteiger partial charge in [-0.15, -0.1) is 0 Å². The summed E-state index contributed by atoms with van der Waals surface area (Å²) in [7, 11) is 0. The van der Waals surface area contributed by atoms with E-state index in [2.05, 4.69) is 5.32 Å². The van der Waals surface area contributed by atoms with Crippen LogP contribution in [0.15, 0.2) is 97.1 Å². The van der Waals surface area contributed by atoms with E-state index in [4.69, 9.17) is 0 Å². The Labute approximate surface area is 226 Å². The van der Waals surface area contributed by atoms with E-state index < -0.39 is 11.8 Å². The Bertz CT molecular complexity index is 1480. The second-order valence-electron chi connectivity index (χ2n) is 9.20. The van der Waals surface area contributed by atoms with Crippen molar-refractivity contribution in [2.75, 3.05) is 6.54 Å². The molecule has 0 aromatic heterocycles. The van der Waals surface area contributed by atoms with Crippen LogP contribution in [0.3, 0.4) is 0 Å². The fraction of sp³-hybridized carbons (Fsp3) is 0.156. The highest BCUT2D eigenvalue weighted by Gasteiger charge is 2.23. The molecule has 0 aliphatic carbocycles. The molecule has 0 aliphatic rings. The molecular weight excluding hydrogens is 495 g/mol. The van der Waals surface area contributed by atoms with Crippen LogP contribution in [-0.2, 0) is 17.9 Å². The van der Waals surface area contributed by atoms with Gasteiger partial charge in [0, 0.05) is 30.8 Å². The molecule has 4 aromatic rings. The Kier molecular flexibility index (Phi) is 8.84. The molecule has 0 aliphatic heterocycles. The minimum Gasteiger partial charge on any atom is -0.481 e. The number of rotatable bonds is 10. The summed E-state index contributed by atoms with van der Waals surface area (Å²) in [4.78, 5) is 39.8. The third kappa shape index (κ3) is 6.96. The molecule has 198 valence electrons. The molecule has 0 unspecified atom stereocenters. The lowest BCUT2D eigenvalue weighted by Crippen LogP contribution is -2.33. The number of hydrogen-bond acceptors (Lipinski definition) is 3. The first-order valence-corrected chi connectivity index (χ1v) is 12.6. The Morgan fingerprint density at radius 1 is 0.795 bits per heavy atom. The molecule has 0 fully saturated rings. The lowest BCUT2D eigenvalue weighted by molar-refractivity contribution is -0.137. The van der Waals surface area contributed by atoms with Crippen molar-refractivity contribution in [3.05, 3.63) is 131 Å². The Morgan fingerprint density at radius 3 is 2.05 bits per heavy atom. The average molecular weight is 525 g/mol. The fourth-order valence-electron chi connectivity index (χ4n) is 4.36. The smallest absolute Gasteiger partial charge is 0.305 e. The first-order chi connectivity index (χ1) is 18.8. The summed E-state index contributed by atoms with van der Waals surface area (Å²) in [6, 6.07) is 27.6. The van der Waals surface area contributed by atoms with Crippen molar-refractivity contribution in [1.29, 1.82) is 0 Å². The van der Waals surface area contributed by atoms with Crippen molar-refractivity contribution < 1.29 is 23.9 Å². The quantitative estimate of drug-likeness (QED) is 0.273.